The summed E-state index contributed by atoms with van der Waals surface area (Å²) in [6, 6.07) is 10.6. The molecule has 3 aromatic heterocycles. The summed E-state index contributed by atoms with van der Waals surface area (Å²) >= 11 is 6.63. The van der Waals surface area contributed by atoms with Gasteiger partial charge >= 0.3 is 6.01 Å². The molecule has 0 radical (unpaired) electrons. The standard InChI is InChI=1S/C28H25ClFN5O2/c1-15-9-10-31-28(33-15)37-19-7-8-20(23(29)11-19)21-12-22-25(13-24(21)30)32-14-26-27(22)35(16(2)34-26)17-3-5-18(36)6-4-17/h7-14,17-18,36H,3-6H2,1-2H3. The predicted molar refractivity (Wildman–Crippen MR) is 141 cm³/mol. The zero-order valence-electron chi connectivity index (χ0n) is 20.4. The van der Waals surface area contributed by atoms with Crippen molar-refractivity contribution in [2.24, 2.45) is 0 Å². The van der Waals surface area contributed by atoms with E-state index in [2.05, 4.69) is 19.5 Å². The predicted octanol–water partition coefficient (Wildman–Crippen LogP) is 6.72. The Labute approximate surface area is 217 Å². The summed E-state index contributed by atoms with van der Waals surface area (Å²) in [5.74, 6) is 0.924. The minimum Gasteiger partial charge on any atom is -0.424 e. The number of rotatable bonds is 4. The number of fused-ring (bicyclic) bond motifs is 3. The van der Waals surface area contributed by atoms with Crippen molar-refractivity contribution in [3.8, 4) is 22.9 Å². The fourth-order valence-corrected chi connectivity index (χ4v) is 5.51. The van der Waals surface area contributed by atoms with Crippen LogP contribution in [0.1, 0.15) is 43.2 Å². The molecule has 2 aromatic carbocycles. The number of aryl methyl sites for hydroxylation is 2. The molecule has 1 N–H and O–H groups in total. The number of benzene rings is 2. The van der Waals surface area contributed by atoms with Crippen LogP contribution in [-0.2, 0) is 0 Å². The number of pyridine rings is 1. The third-order valence-electron chi connectivity index (χ3n) is 7.02. The van der Waals surface area contributed by atoms with Gasteiger partial charge in [-0.2, -0.15) is 0 Å². The molecule has 6 rings (SSSR count). The van der Waals surface area contributed by atoms with E-state index in [0.29, 0.717) is 27.4 Å². The highest BCUT2D eigenvalue weighted by atomic mass is 35.5. The van der Waals surface area contributed by atoms with Crippen LogP contribution >= 0.6 is 11.6 Å². The summed E-state index contributed by atoms with van der Waals surface area (Å²) in [6.45, 7) is 3.83. The maximum absolute atomic E-state index is 15.4. The van der Waals surface area contributed by atoms with E-state index < -0.39 is 5.82 Å². The molecule has 9 heteroatoms. The molecule has 1 aliphatic rings. The molecule has 0 unspecified atom stereocenters. The first-order valence-corrected chi connectivity index (χ1v) is 12.7. The second kappa shape index (κ2) is 9.36. The molecule has 0 saturated heterocycles. The van der Waals surface area contributed by atoms with Crippen LogP contribution in [0.3, 0.4) is 0 Å². The van der Waals surface area contributed by atoms with Gasteiger partial charge in [0.2, 0.25) is 0 Å². The number of hydrogen-bond acceptors (Lipinski definition) is 6. The van der Waals surface area contributed by atoms with Gasteiger partial charge in [-0.05, 0) is 63.8 Å². The number of ether oxygens (including phenoxy) is 1. The van der Waals surface area contributed by atoms with E-state index in [0.717, 1.165) is 53.6 Å². The van der Waals surface area contributed by atoms with Crippen molar-refractivity contribution in [2.75, 3.05) is 0 Å². The number of aliphatic hydroxyl groups is 1. The maximum atomic E-state index is 15.4. The van der Waals surface area contributed by atoms with Crippen LogP contribution < -0.4 is 4.74 Å². The SMILES string of the molecule is Cc1ccnc(Oc2ccc(-c3cc4c(cc3F)ncc3nc(C)n(C5CCC(O)CC5)c34)c(Cl)c2)n1. The summed E-state index contributed by atoms with van der Waals surface area (Å²) in [4.78, 5) is 17.6. The van der Waals surface area contributed by atoms with Crippen molar-refractivity contribution in [3.05, 3.63) is 71.2 Å². The Morgan fingerprint density at radius 3 is 2.54 bits per heavy atom. The highest BCUT2D eigenvalue weighted by Gasteiger charge is 2.25. The summed E-state index contributed by atoms with van der Waals surface area (Å²) in [7, 11) is 0. The Balaban J connectivity index is 1.44. The highest BCUT2D eigenvalue weighted by Crippen LogP contribution is 2.39. The van der Waals surface area contributed by atoms with Gasteiger partial charge in [-0.25, -0.2) is 19.3 Å². The highest BCUT2D eigenvalue weighted by molar-refractivity contribution is 6.33. The Kier molecular flexibility index (Phi) is 6.01. The lowest BCUT2D eigenvalue weighted by Crippen LogP contribution is -2.21. The smallest absolute Gasteiger partial charge is 0.322 e. The van der Waals surface area contributed by atoms with Gasteiger partial charge in [-0.15, -0.1) is 0 Å². The Hall–Kier alpha value is -3.62. The quantitative estimate of drug-likeness (QED) is 0.285. The number of hydrogen-bond donors (Lipinski definition) is 1. The molecule has 5 aromatic rings. The molecule has 0 aliphatic heterocycles. The molecule has 37 heavy (non-hydrogen) atoms. The van der Waals surface area contributed by atoms with E-state index in [-0.39, 0.29) is 18.2 Å². The van der Waals surface area contributed by atoms with E-state index in [4.69, 9.17) is 21.3 Å². The monoisotopic (exact) mass is 517 g/mol. The first-order chi connectivity index (χ1) is 17.9. The summed E-state index contributed by atoms with van der Waals surface area (Å²) in [5.41, 5.74) is 3.94. The van der Waals surface area contributed by atoms with E-state index in [1.165, 1.54) is 6.07 Å². The van der Waals surface area contributed by atoms with Crippen molar-refractivity contribution < 1.29 is 14.2 Å². The molecule has 0 amide bonds. The molecule has 1 aliphatic carbocycles. The van der Waals surface area contributed by atoms with Crippen LogP contribution in [0.5, 0.6) is 11.8 Å². The second-order valence-corrected chi connectivity index (χ2v) is 9.96. The van der Waals surface area contributed by atoms with Gasteiger partial charge in [0.25, 0.3) is 0 Å². The summed E-state index contributed by atoms with van der Waals surface area (Å²) in [6.07, 6.45) is 6.30. The Bertz CT molecular complexity index is 1650. The number of aromatic nitrogens is 5. The maximum Gasteiger partial charge on any atom is 0.322 e. The Morgan fingerprint density at radius 1 is 0.973 bits per heavy atom. The molecular formula is C28H25ClFN5O2. The largest absolute Gasteiger partial charge is 0.424 e. The molecule has 1 saturated carbocycles. The van der Waals surface area contributed by atoms with Gasteiger partial charge in [0.05, 0.1) is 28.4 Å². The fraction of sp³-hybridized carbons (Fsp3) is 0.286. The van der Waals surface area contributed by atoms with Crippen molar-refractivity contribution in [1.82, 2.24) is 24.5 Å². The van der Waals surface area contributed by atoms with Gasteiger partial charge in [0.1, 0.15) is 22.9 Å². The molecule has 0 atom stereocenters. The average Bonchev–Trinajstić information content (AvgIpc) is 3.21. The first-order valence-electron chi connectivity index (χ1n) is 12.3. The zero-order chi connectivity index (χ0) is 25.7. The lowest BCUT2D eigenvalue weighted by molar-refractivity contribution is 0.111. The number of aliphatic hydroxyl groups excluding tert-OH is 1. The lowest BCUT2D eigenvalue weighted by atomic mass is 9.92. The minimum absolute atomic E-state index is 0.216. The van der Waals surface area contributed by atoms with Gasteiger partial charge in [-0.3, -0.25) is 4.98 Å². The number of halogens is 2. The fourth-order valence-electron chi connectivity index (χ4n) is 5.24. The van der Waals surface area contributed by atoms with Crippen LogP contribution in [-0.4, -0.2) is 35.7 Å². The van der Waals surface area contributed by atoms with Crippen LogP contribution in [0.4, 0.5) is 4.39 Å². The Morgan fingerprint density at radius 2 is 1.78 bits per heavy atom. The third kappa shape index (κ3) is 4.40. The molecule has 7 nitrogen and oxygen atoms in total. The third-order valence-corrected chi connectivity index (χ3v) is 7.34. The van der Waals surface area contributed by atoms with Crippen LogP contribution in [0.25, 0.3) is 33.1 Å². The van der Waals surface area contributed by atoms with E-state index in [1.54, 1.807) is 42.7 Å². The van der Waals surface area contributed by atoms with Gasteiger partial charge in [0, 0.05) is 46.6 Å². The van der Waals surface area contributed by atoms with Gasteiger partial charge < -0.3 is 14.4 Å². The van der Waals surface area contributed by atoms with Crippen LogP contribution in [0.2, 0.25) is 5.02 Å². The van der Waals surface area contributed by atoms with E-state index in [9.17, 15) is 5.11 Å². The molecular weight excluding hydrogens is 493 g/mol. The van der Waals surface area contributed by atoms with E-state index >= 15 is 4.39 Å². The molecule has 1 fully saturated rings. The second-order valence-electron chi connectivity index (χ2n) is 9.56. The van der Waals surface area contributed by atoms with Gasteiger partial charge in [-0.1, -0.05) is 11.6 Å². The van der Waals surface area contributed by atoms with E-state index in [1.807, 2.05) is 13.8 Å². The average molecular weight is 518 g/mol. The minimum atomic E-state index is -0.416. The van der Waals surface area contributed by atoms with Crippen molar-refractivity contribution in [2.45, 2.75) is 51.7 Å². The molecule has 0 bridgehead atoms. The normalized spacial score (nSPS) is 18.0. The molecule has 3 heterocycles. The topological polar surface area (TPSA) is 86.0 Å². The molecule has 188 valence electrons. The lowest BCUT2D eigenvalue weighted by Gasteiger charge is -2.28. The zero-order valence-corrected chi connectivity index (χ0v) is 21.2. The first kappa shape index (κ1) is 23.8. The van der Waals surface area contributed by atoms with Crippen LogP contribution in [0.15, 0.2) is 48.8 Å². The summed E-state index contributed by atoms with van der Waals surface area (Å²) < 4.78 is 23.4. The summed E-state index contributed by atoms with van der Waals surface area (Å²) in [5, 5.41) is 11.2. The van der Waals surface area contributed by atoms with Crippen molar-refractivity contribution in [1.29, 1.82) is 0 Å². The van der Waals surface area contributed by atoms with Crippen LogP contribution in [0, 0.1) is 19.7 Å². The van der Waals surface area contributed by atoms with Crippen molar-refractivity contribution in [3.63, 3.8) is 0 Å². The molecule has 0 spiro atoms. The van der Waals surface area contributed by atoms with Gasteiger partial charge in [0.15, 0.2) is 0 Å². The number of nitrogens with zero attached hydrogens (tertiary/aromatic N) is 5. The number of imidazole rings is 1. The van der Waals surface area contributed by atoms with Crippen molar-refractivity contribution >= 4 is 33.5 Å².